The number of phosphoric acid groups is 2. The smallest absolute Gasteiger partial charge is 0.383 e. The molecule has 15 nitrogen and oxygen atoms in total. The number of anilines is 1. The lowest BCUT2D eigenvalue weighted by Crippen LogP contribution is -2.32. The van der Waals surface area contributed by atoms with E-state index >= 15 is 0 Å². The minimum Gasteiger partial charge on any atom is -0.383 e. The van der Waals surface area contributed by atoms with Gasteiger partial charge in [-0.05, 0) is 6.07 Å². The molecule has 2 atom stereocenters. The lowest BCUT2D eigenvalue weighted by atomic mass is 10.3. The van der Waals surface area contributed by atoms with Gasteiger partial charge in [0.15, 0.2) is 0 Å². The van der Waals surface area contributed by atoms with Gasteiger partial charge in [-0.1, -0.05) is 0 Å². The Balaban J connectivity index is 2.87. The minimum absolute atomic E-state index is 0.0925. The van der Waals surface area contributed by atoms with Gasteiger partial charge < -0.3 is 34.9 Å². The van der Waals surface area contributed by atoms with Crippen molar-refractivity contribution in [3.63, 3.8) is 0 Å². The summed E-state index contributed by atoms with van der Waals surface area (Å²) in [6, 6.07) is 1.23. The van der Waals surface area contributed by atoms with Crippen LogP contribution in [-0.2, 0) is 33.8 Å². The van der Waals surface area contributed by atoms with Crippen LogP contribution in [-0.4, -0.2) is 53.1 Å². The standard InChI is InChI=1S/C8H16N3O12P3/c9-7-1-2-11(8(12)10-7)3-6(21-5-24(13,14)15)4-22-26(19,20)23-25(16,17)18/h1-2,6H,3-5H2,(H,19,20)(H2,9,10,12)(H2,13,14,15)(H2,16,17,18)/t6-/m0/s1. The number of nitrogens with two attached hydrogens (primary N) is 1. The first-order valence-corrected chi connectivity index (χ1v) is 11.2. The number of nitrogens with zero attached hydrogens (tertiary/aromatic N) is 2. The highest BCUT2D eigenvalue weighted by Crippen LogP contribution is 2.57. The second-order valence-corrected chi connectivity index (χ2v) is 9.12. The second kappa shape index (κ2) is 8.83. The summed E-state index contributed by atoms with van der Waals surface area (Å²) in [4.78, 5) is 58.9. The average molecular weight is 439 g/mol. The zero-order valence-electron chi connectivity index (χ0n) is 12.8. The van der Waals surface area contributed by atoms with E-state index in [-0.39, 0.29) is 5.82 Å². The molecule has 0 bridgehead atoms. The van der Waals surface area contributed by atoms with Crippen LogP contribution in [0, 0.1) is 0 Å². The van der Waals surface area contributed by atoms with Crippen molar-refractivity contribution >= 4 is 29.1 Å². The van der Waals surface area contributed by atoms with Crippen LogP contribution in [0.15, 0.2) is 17.1 Å². The summed E-state index contributed by atoms with van der Waals surface area (Å²) >= 11 is 0. The van der Waals surface area contributed by atoms with Gasteiger partial charge >= 0.3 is 28.9 Å². The molecule has 0 aliphatic heterocycles. The maximum absolute atomic E-state index is 11.7. The molecule has 26 heavy (non-hydrogen) atoms. The Kier molecular flexibility index (Phi) is 7.84. The van der Waals surface area contributed by atoms with Crippen LogP contribution in [0.2, 0.25) is 0 Å². The molecule has 1 aromatic rings. The first kappa shape index (κ1) is 23.1. The molecule has 0 saturated heterocycles. The molecule has 18 heteroatoms. The predicted molar refractivity (Wildman–Crippen MR) is 83.6 cm³/mol. The van der Waals surface area contributed by atoms with Crippen LogP contribution in [0.3, 0.4) is 0 Å². The van der Waals surface area contributed by atoms with Crippen molar-refractivity contribution in [3.05, 3.63) is 22.7 Å². The van der Waals surface area contributed by atoms with E-state index in [0.29, 0.717) is 0 Å². The van der Waals surface area contributed by atoms with Crippen LogP contribution in [0.4, 0.5) is 5.82 Å². The number of aromatic nitrogens is 2. The number of phosphoric ester groups is 1. The van der Waals surface area contributed by atoms with E-state index in [1.54, 1.807) is 0 Å². The molecule has 0 radical (unpaired) electrons. The highest BCUT2D eigenvalue weighted by Gasteiger charge is 2.33. The third-order valence-electron chi connectivity index (χ3n) is 2.41. The Morgan fingerprint density at radius 1 is 1.19 bits per heavy atom. The van der Waals surface area contributed by atoms with Crippen LogP contribution in [0.1, 0.15) is 0 Å². The SMILES string of the molecule is Nc1ccn(C[C@@H](COP(=O)(O)OP(=O)(O)O)OCP(=O)(O)O)c(=O)n1. The average Bonchev–Trinajstić information content (AvgIpc) is 2.40. The summed E-state index contributed by atoms with van der Waals surface area (Å²) in [6.45, 7) is -1.35. The molecule has 0 spiro atoms. The third kappa shape index (κ3) is 9.67. The van der Waals surface area contributed by atoms with Crippen molar-refractivity contribution < 1.29 is 51.7 Å². The normalized spacial score (nSPS) is 16.2. The lowest BCUT2D eigenvalue weighted by molar-refractivity contribution is 0.0176. The van der Waals surface area contributed by atoms with Crippen molar-refractivity contribution in [1.82, 2.24) is 9.55 Å². The molecule has 0 fully saturated rings. The van der Waals surface area contributed by atoms with Gasteiger partial charge in [-0.3, -0.25) is 13.7 Å². The number of rotatable bonds is 10. The van der Waals surface area contributed by atoms with Crippen molar-refractivity contribution in [2.75, 3.05) is 18.7 Å². The second-order valence-electron chi connectivity index (χ2n) is 4.71. The molecule has 1 rings (SSSR count). The Morgan fingerprint density at radius 3 is 2.31 bits per heavy atom. The topological polar surface area (TPSA) is 241 Å². The van der Waals surface area contributed by atoms with Gasteiger partial charge in [-0.25, -0.2) is 13.9 Å². The summed E-state index contributed by atoms with van der Waals surface area (Å²) in [5.74, 6) is -0.0925. The van der Waals surface area contributed by atoms with Crippen LogP contribution in [0.25, 0.3) is 0 Å². The van der Waals surface area contributed by atoms with E-state index in [9.17, 15) is 23.4 Å². The molecule has 1 unspecified atom stereocenters. The van der Waals surface area contributed by atoms with Crippen LogP contribution >= 0.6 is 23.2 Å². The zero-order valence-corrected chi connectivity index (χ0v) is 15.4. The fourth-order valence-corrected chi connectivity index (χ4v) is 3.52. The van der Waals surface area contributed by atoms with Gasteiger partial charge in [0.05, 0.1) is 13.2 Å². The van der Waals surface area contributed by atoms with Crippen molar-refractivity contribution in [2.45, 2.75) is 12.6 Å². The predicted octanol–water partition coefficient (Wildman–Crippen LogP) is -1.43. The highest BCUT2D eigenvalue weighted by atomic mass is 31.3. The molecule has 0 amide bonds. The molecule has 0 aliphatic rings. The van der Waals surface area contributed by atoms with Crippen molar-refractivity contribution in [2.24, 2.45) is 0 Å². The maximum atomic E-state index is 11.7. The molecular weight excluding hydrogens is 423 g/mol. The van der Waals surface area contributed by atoms with Crippen LogP contribution in [0.5, 0.6) is 0 Å². The Morgan fingerprint density at radius 2 is 1.81 bits per heavy atom. The molecule has 0 aromatic carbocycles. The fourth-order valence-electron chi connectivity index (χ4n) is 1.49. The summed E-state index contributed by atoms with van der Waals surface area (Å²) < 4.78 is 46.5. The molecule has 1 heterocycles. The van der Waals surface area contributed by atoms with Crippen molar-refractivity contribution in [3.8, 4) is 0 Å². The van der Waals surface area contributed by atoms with Gasteiger partial charge in [0.1, 0.15) is 18.3 Å². The Bertz CT molecular complexity index is 814. The minimum atomic E-state index is -5.35. The third-order valence-corrected chi connectivity index (χ3v) is 5.04. The van der Waals surface area contributed by atoms with E-state index < -0.39 is 54.5 Å². The van der Waals surface area contributed by atoms with E-state index in [1.807, 2.05) is 0 Å². The molecule has 0 aliphatic carbocycles. The lowest BCUT2D eigenvalue weighted by Gasteiger charge is -2.20. The first-order valence-electron chi connectivity index (χ1n) is 6.40. The Labute approximate surface area is 145 Å². The van der Waals surface area contributed by atoms with Gasteiger partial charge in [0.25, 0.3) is 0 Å². The number of ether oxygens (including phenoxy) is 1. The molecule has 150 valence electrons. The van der Waals surface area contributed by atoms with Crippen molar-refractivity contribution in [1.29, 1.82) is 0 Å². The monoisotopic (exact) mass is 439 g/mol. The zero-order chi connectivity index (χ0) is 20.2. The molecule has 1 aromatic heterocycles. The van der Waals surface area contributed by atoms with E-state index in [1.165, 1.54) is 12.3 Å². The number of nitrogen functional groups attached to an aromatic ring is 1. The maximum Gasteiger partial charge on any atom is 0.481 e. The summed E-state index contributed by atoms with van der Waals surface area (Å²) in [7, 11) is -15.2. The van der Waals surface area contributed by atoms with Crippen LogP contribution < -0.4 is 11.4 Å². The Hall–Kier alpha value is -0.950. The van der Waals surface area contributed by atoms with E-state index in [2.05, 4.69) is 13.8 Å². The molecule has 0 saturated carbocycles. The van der Waals surface area contributed by atoms with Gasteiger partial charge in [-0.15, -0.1) is 0 Å². The van der Waals surface area contributed by atoms with Gasteiger partial charge in [0.2, 0.25) is 0 Å². The largest absolute Gasteiger partial charge is 0.481 e. The van der Waals surface area contributed by atoms with E-state index in [4.69, 9.17) is 30.0 Å². The van der Waals surface area contributed by atoms with Gasteiger partial charge in [-0.2, -0.15) is 9.29 Å². The summed E-state index contributed by atoms with van der Waals surface area (Å²) in [6.07, 6.45) is -1.34. The molecule has 7 N–H and O–H groups in total. The number of hydrogen-bond donors (Lipinski definition) is 6. The fraction of sp³-hybridized carbons (Fsp3) is 0.500. The van der Waals surface area contributed by atoms with Gasteiger partial charge in [0, 0.05) is 6.20 Å². The quantitative estimate of drug-likeness (QED) is 0.229. The van der Waals surface area contributed by atoms with E-state index in [0.717, 1.165) is 4.57 Å². The highest BCUT2D eigenvalue weighted by molar-refractivity contribution is 7.60. The summed E-state index contributed by atoms with van der Waals surface area (Å²) in [5.41, 5.74) is 4.45. The first-order chi connectivity index (χ1) is 11.7. The molecular formula is C8H16N3O12P3. The number of hydrogen-bond acceptors (Lipinski definition) is 9. The summed E-state index contributed by atoms with van der Waals surface area (Å²) in [5, 5.41) is 0.